The number of hydrogen-bond donors (Lipinski definition) is 1. The van der Waals surface area contributed by atoms with Crippen molar-refractivity contribution in [1.29, 1.82) is 0 Å². The first-order valence-corrected chi connectivity index (χ1v) is 8.88. The number of likely N-dealkylation sites (tertiary alicyclic amines) is 1. The summed E-state index contributed by atoms with van der Waals surface area (Å²) in [5, 5.41) is 0.751. The predicted octanol–water partition coefficient (Wildman–Crippen LogP) is 3.97. The zero-order chi connectivity index (χ0) is 15.2. The normalized spacial score (nSPS) is 19.4. The van der Waals surface area contributed by atoms with Crippen LogP contribution in [0, 0.1) is 0 Å². The Balaban J connectivity index is 0.00000242. The van der Waals surface area contributed by atoms with Crippen molar-refractivity contribution in [2.75, 3.05) is 12.3 Å². The molecule has 0 spiro atoms. The van der Waals surface area contributed by atoms with Gasteiger partial charge in [-0.3, -0.25) is 4.79 Å². The molecule has 3 nitrogen and oxygen atoms in total. The van der Waals surface area contributed by atoms with E-state index in [1.54, 1.807) is 11.8 Å². The fourth-order valence-electron chi connectivity index (χ4n) is 2.77. The lowest BCUT2D eigenvalue weighted by molar-refractivity contribution is -0.134. The number of hydrogen-bond acceptors (Lipinski definition) is 3. The van der Waals surface area contributed by atoms with E-state index in [0.29, 0.717) is 6.42 Å². The van der Waals surface area contributed by atoms with E-state index in [4.69, 9.17) is 17.3 Å². The number of nitrogens with two attached hydrogens (primary N) is 1. The van der Waals surface area contributed by atoms with Crippen LogP contribution in [-0.2, 0) is 4.79 Å². The van der Waals surface area contributed by atoms with Crippen molar-refractivity contribution in [1.82, 2.24) is 4.90 Å². The second-order valence-corrected chi connectivity index (χ2v) is 7.08. The first-order chi connectivity index (χ1) is 10.1. The topological polar surface area (TPSA) is 46.3 Å². The first kappa shape index (κ1) is 19.6. The molecule has 0 radical (unpaired) electrons. The molecule has 2 unspecified atom stereocenters. The van der Waals surface area contributed by atoms with Gasteiger partial charge in [-0.25, -0.2) is 0 Å². The van der Waals surface area contributed by atoms with Crippen LogP contribution >= 0.6 is 35.8 Å². The van der Waals surface area contributed by atoms with Crippen LogP contribution in [0.15, 0.2) is 29.2 Å². The number of carbonyl (C=O) groups excluding carboxylic acids is 1. The highest BCUT2D eigenvalue weighted by Crippen LogP contribution is 2.27. The Bertz CT molecular complexity index is 485. The monoisotopic (exact) mass is 362 g/mol. The molecule has 1 fully saturated rings. The van der Waals surface area contributed by atoms with E-state index >= 15 is 0 Å². The van der Waals surface area contributed by atoms with E-state index in [0.717, 1.165) is 35.1 Å². The van der Waals surface area contributed by atoms with Gasteiger partial charge in [0, 0.05) is 35.7 Å². The minimum Gasteiger partial charge on any atom is -0.338 e. The molecule has 1 aliphatic rings. The lowest BCUT2D eigenvalue weighted by atomic mass is 9.96. The summed E-state index contributed by atoms with van der Waals surface area (Å²) in [6, 6.07) is 8.00. The third-order valence-electron chi connectivity index (χ3n) is 3.89. The lowest BCUT2D eigenvalue weighted by Gasteiger charge is -2.38. The number of benzene rings is 1. The van der Waals surface area contributed by atoms with Crippen LogP contribution in [0.5, 0.6) is 0 Å². The van der Waals surface area contributed by atoms with Gasteiger partial charge in [-0.2, -0.15) is 0 Å². The van der Waals surface area contributed by atoms with Crippen molar-refractivity contribution in [2.24, 2.45) is 5.73 Å². The third kappa shape index (κ3) is 5.34. The summed E-state index contributed by atoms with van der Waals surface area (Å²) in [4.78, 5) is 15.4. The second kappa shape index (κ2) is 9.66. The zero-order valence-electron chi connectivity index (χ0n) is 12.8. The molecule has 1 aliphatic heterocycles. The van der Waals surface area contributed by atoms with Gasteiger partial charge in [-0.15, -0.1) is 24.2 Å². The molecule has 124 valence electrons. The van der Waals surface area contributed by atoms with Gasteiger partial charge >= 0.3 is 0 Å². The molecule has 1 saturated heterocycles. The standard InChI is InChI=1S/C16H23ClN2OS.ClH/c1-12(18)14-7-4-5-10-19(14)16(20)9-11-21-15-8-3-2-6-13(15)17;/h2-3,6,8,12,14H,4-5,7,9-11,18H2,1H3;1H. The van der Waals surface area contributed by atoms with Crippen molar-refractivity contribution in [2.45, 2.75) is 49.6 Å². The van der Waals surface area contributed by atoms with E-state index in [2.05, 4.69) is 0 Å². The van der Waals surface area contributed by atoms with Crippen LogP contribution in [-0.4, -0.2) is 35.2 Å². The van der Waals surface area contributed by atoms with Gasteiger partial charge in [0.1, 0.15) is 0 Å². The molecule has 22 heavy (non-hydrogen) atoms. The predicted molar refractivity (Wildman–Crippen MR) is 97.0 cm³/mol. The van der Waals surface area contributed by atoms with Crippen LogP contribution in [0.25, 0.3) is 0 Å². The minimum absolute atomic E-state index is 0. The zero-order valence-corrected chi connectivity index (χ0v) is 15.2. The maximum atomic E-state index is 12.4. The number of piperidine rings is 1. The summed E-state index contributed by atoms with van der Waals surface area (Å²) in [6.45, 7) is 2.84. The van der Waals surface area contributed by atoms with Crippen LogP contribution in [0.3, 0.4) is 0 Å². The van der Waals surface area contributed by atoms with Gasteiger partial charge in [0.2, 0.25) is 5.91 Å². The van der Waals surface area contributed by atoms with E-state index in [-0.39, 0.29) is 30.4 Å². The van der Waals surface area contributed by atoms with Crippen LogP contribution < -0.4 is 5.73 Å². The molecule has 1 aromatic carbocycles. The van der Waals surface area contributed by atoms with E-state index in [1.165, 1.54) is 6.42 Å². The van der Waals surface area contributed by atoms with Gasteiger partial charge in [-0.1, -0.05) is 23.7 Å². The average molecular weight is 363 g/mol. The highest BCUT2D eigenvalue weighted by Gasteiger charge is 2.28. The lowest BCUT2D eigenvalue weighted by Crippen LogP contribution is -2.51. The molecule has 0 aliphatic carbocycles. The molecule has 2 rings (SSSR count). The number of thioether (sulfide) groups is 1. The molecule has 1 heterocycles. The summed E-state index contributed by atoms with van der Waals surface area (Å²) >= 11 is 7.76. The van der Waals surface area contributed by atoms with Crippen LogP contribution in [0.1, 0.15) is 32.6 Å². The Kier molecular flexibility index (Phi) is 8.62. The smallest absolute Gasteiger partial charge is 0.223 e. The van der Waals surface area contributed by atoms with Crippen molar-refractivity contribution >= 4 is 41.7 Å². The summed E-state index contributed by atoms with van der Waals surface area (Å²) in [6.07, 6.45) is 3.83. The van der Waals surface area contributed by atoms with Gasteiger partial charge in [0.25, 0.3) is 0 Å². The Hall–Kier alpha value is -0.420. The van der Waals surface area contributed by atoms with E-state index in [9.17, 15) is 4.79 Å². The molecular formula is C16H24Cl2N2OS. The number of carbonyl (C=O) groups is 1. The first-order valence-electron chi connectivity index (χ1n) is 7.52. The summed E-state index contributed by atoms with van der Waals surface area (Å²) in [7, 11) is 0. The van der Waals surface area contributed by atoms with Crippen molar-refractivity contribution < 1.29 is 4.79 Å². The maximum absolute atomic E-state index is 12.4. The Morgan fingerprint density at radius 1 is 1.45 bits per heavy atom. The molecule has 0 saturated carbocycles. The Morgan fingerprint density at radius 2 is 2.18 bits per heavy atom. The van der Waals surface area contributed by atoms with Crippen molar-refractivity contribution in [3.05, 3.63) is 29.3 Å². The summed E-state index contributed by atoms with van der Waals surface area (Å²) in [5.74, 6) is 0.974. The van der Waals surface area contributed by atoms with Gasteiger partial charge in [0.15, 0.2) is 0 Å². The minimum atomic E-state index is 0. The molecule has 1 amide bonds. The number of amides is 1. The second-order valence-electron chi connectivity index (χ2n) is 5.54. The molecule has 0 bridgehead atoms. The van der Waals surface area contributed by atoms with Crippen molar-refractivity contribution in [3.63, 3.8) is 0 Å². The number of rotatable bonds is 5. The molecule has 1 aromatic rings. The highest BCUT2D eigenvalue weighted by molar-refractivity contribution is 7.99. The number of nitrogens with zero attached hydrogens (tertiary/aromatic N) is 1. The Morgan fingerprint density at radius 3 is 2.86 bits per heavy atom. The quantitative estimate of drug-likeness (QED) is 0.805. The summed E-state index contributed by atoms with van der Waals surface area (Å²) < 4.78 is 0. The fourth-order valence-corrected chi connectivity index (χ4v) is 3.94. The molecule has 2 N–H and O–H groups in total. The number of halogens is 2. The maximum Gasteiger partial charge on any atom is 0.223 e. The third-order valence-corrected chi connectivity index (χ3v) is 5.40. The molecular weight excluding hydrogens is 339 g/mol. The van der Waals surface area contributed by atoms with Crippen molar-refractivity contribution in [3.8, 4) is 0 Å². The Labute approximate surface area is 148 Å². The molecule has 0 aromatic heterocycles. The van der Waals surface area contributed by atoms with E-state index < -0.39 is 0 Å². The van der Waals surface area contributed by atoms with Crippen LogP contribution in [0.2, 0.25) is 5.02 Å². The van der Waals surface area contributed by atoms with Gasteiger partial charge in [-0.05, 0) is 38.3 Å². The van der Waals surface area contributed by atoms with Crippen LogP contribution in [0.4, 0.5) is 0 Å². The highest BCUT2D eigenvalue weighted by atomic mass is 35.5. The SMILES string of the molecule is CC(N)C1CCCCN1C(=O)CCSc1ccccc1Cl.Cl. The summed E-state index contributed by atoms with van der Waals surface area (Å²) in [5.41, 5.74) is 6.02. The molecule has 2 atom stereocenters. The fraction of sp³-hybridized carbons (Fsp3) is 0.562. The largest absolute Gasteiger partial charge is 0.338 e. The molecule has 6 heteroatoms. The van der Waals surface area contributed by atoms with Gasteiger partial charge in [0.05, 0.1) is 5.02 Å². The van der Waals surface area contributed by atoms with E-state index in [1.807, 2.05) is 36.1 Å². The van der Waals surface area contributed by atoms with Gasteiger partial charge < -0.3 is 10.6 Å². The average Bonchev–Trinajstić information content (AvgIpc) is 2.49.